The molecule has 0 atom stereocenters. The zero-order valence-corrected chi connectivity index (χ0v) is 19.3. The molecule has 0 saturated carbocycles. The van der Waals surface area contributed by atoms with Crippen molar-refractivity contribution in [3.05, 3.63) is 94.8 Å². The molecule has 0 aliphatic carbocycles. The Morgan fingerprint density at radius 2 is 1.42 bits per heavy atom. The Hall–Kier alpha value is -3.67. The summed E-state index contributed by atoms with van der Waals surface area (Å²) in [5.41, 5.74) is 5.75. The fraction of sp³-hybridized carbons (Fsp3) is 0.259. The summed E-state index contributed by atoms with van der Waals surface area (Å²) < 4.78 is 13.3. The molecular formula is C27H29FN4O. The predicted octanol–water partition coefficient (Wildman–Crippen LogP) is 4.99. The van der Waals surface area contributed by atoms with Crippen molar-refractivity contribution >= 4 is 23.2 Å². The minimum absolute atomic E-state index is 0.181. The van der Waals surface area contributed by atoms with Crippen molar-refractivity contribution in [2.24, 2.45) is 4.99 Å². The Labute approximate surface area is 194 Å². The molecule has 1 heterocycles. The fourth-order valence-electron chi connectivity index (χ4n) is 4.02. The lowest BCUT2D eigenvalue weighted by molar-refractivity contribution is 0.0972. The van der Waals surface area contributed by atoms with Gasteiger partial charge in [0.15, 0.2) is 0 Å². The largest absolute Gasteiger partial charge is 0.368 e. The molecule has 3 aromatic carbocycles. The lowest BCUT2D eigenvalue weighted by Gasteiger charge is -2.37. The van der Waals surface area contributed by atoms with Crippen LogP contribution in [0.2, 0.25) is 0 Å². The highest BCUT2D eigenvalue weighted by atomic mass is 19.1. The van der Waals surface area contributed by atoms with Gasteiger partial charge in [-0.05, 0) is 80.4 Å². The Kier molecular flexibility index (Phi) is 6.73. The van der Waals surface area contributed by atoms with Crippen LogP contribution in [0.5, 0.6) is 0 Å². The lowest BCUT2D eigenvalue weighted by atomic mass is 10.1. The van der Waals surface area contributed by atoms with Gasteiger partial charge in [-0.25, -0.2) is 9.38 Å². The van der Waals surface area contributed by atoms with E-state index in [-0.39, 0.29) is 11.7 Å². The molecule has 4 rings (SSSR count). The normalized spacial score (nSPS) is 14.4. The van der Waals surface area contributed by atoms with Crippen LogP contribution >= 0.6 is 0 Å². The number of carbonyl (C=O) groups excluding carboxylic acids is 1. The maximum absolute atomic E-state index is 13.3. The Balaban J connectivity index is 1.56. The minimum Gasteiger partial charge on any atom is -0.368 e. The number of guanidine groups is 1. The molecule has 1 amide bonds. The van der Waals surface area contributed by atoms with E-state index in [1.165, 1.54) is 12.1 Å². The maximum atomic E-state index is 13.3. The zero-order valence-electron chi connectivity index (χ0n) is 19.3. The first-order chi connectivity index (χ1) is 15.9. The number of aryl methyl sites for hydroxylation is 3. The molecular weight excluding hydrogens is 415 g/mol. The average molecular weight is 445 g/mol. The third-order valence-corrected chi connectivity index (χ3v) is 5.75. The number of nitrogens with zero attached hydrogens (tertiary/aromatic N) is 3. The highest BCUT2D eigenvalue weighted by Crippen LogP contribution is 2.20. The number of piperazine rings is 1. The van der Waals surface area contributed by atoms with E-state index < -0.39 is 0 Å². The standard InChI is InChI=1S/C27H29FN4O/c1-19-4-6-22(7-5-19)26(33)30-27(29-24-17-20(2)16-21(3)18-24)32-14-12-31(13-15-32)25-10-8-23(28)9-11-25/h4-11,16-18H,12-15H2,1-3H3,(H,29,30,33). The lowest BCUT2D eigenvalue weighted by Crippen LogP contribution is -2.53. The van der Waals surface area contributed by atoms with E-state index in [4.69, 9.17) is 4.99 Å². The van der Waals surface area contributed by atoms with Crippen LogP contribution in [-0.4, -0.2) is 42.9 Å². The summed E-state index contributed by atoms with van der Waals surface area (Å²) in [6.45, 7) is 8.95. The van der Waals surface area contributed by atoms with Crippen LogP contribution in [0.1, 0.15) is 27.0 Å². The first kappa shape index (κ1) is 22.5. The Morgan fingerprint density at radius 3 is 2.03 bits per heavy atom. The molecule has 170 valence electrons. The van der Waals surface area contributed by atoms with Crippen LogP contribution in [0, 0.1) is 26.6 Å². The van der Waals surface area contributed by atoms with Gasteiger partial charge in [0.05, 0.1) is 5.69 Å². The minimum atomic E-state index is -0.237. The number of halogens is 1. The second-order valence-electron chi connectivity index (χ2n) is 8.55. The summed E-state index contributed by atoms with van der Waals surface area (Å²) in [6, 6.07) is 20.2. The van der Waals surface area contributed by atoms with Gasteiger partial charge in [-0.15, -0.1) is 0 Å². The van der Waals surface area contributed by atoms with Crippen molar-refractivity contribution in [2.45, 2.75) is 20.8 Å². The van der Waals surface area contributed by atoms with Gasteiger partial charge in [0.2, 0.25) is 5.96 Å². The monoisotopic (exact) mass is 444 g/mol. The van der Waals surface area contributed by atoms with Crippen LogP contribution in [0.25, 0.3) is 0 Å². The van der Waals surface area contributed by atoms with E-state index in [2.05, 4.69) is 21.2 Å². The molecule has 1 fully saturated rings. The molecule has 1 aliphatic heterocycles. The Bertz CT molecular complexity index is 1130. The van der Waals surface area contributed by atoms with Crippen molar-refractivity contribution in [3.8, 4) is 0 Å². The summed E-state index contributed by atoms with van der Waals surface area (Å²) in [4.78, 5) is 22.1. The number of anilines is 1. The Morgan fingerprint density at radius 1 is 0.818 bits per heavy atom. The number of hydrogen-bond acceptors (Lipinski definition) is 3. The quantitative estimate of drug-likeness (QED) is 0.457. The molecule has 0 radical (unpaired) electrons. The number of aliphatic imine (C=N–C) groups is 1. The van der Waals surface area contributed by atoms with Crippen molar-refractivity contribution in [1.29, 1.82) is 0 Å². The smallest absolute Gasteiger partial charge is 0.257 e. The summed E-state index contributed by atoms with van der Waals surface area (Å²) in [5.74, 6) is 0.127. The van der Waals surface area contributed by atoms with E-state index >= 15 is 0 Å². The zero-order chi connectivity index (χ0) is 23.4. The summed E-state index contributed by atoms with van der Waals surface area (Å²) in [6.07, 6.45) is 0. The van der Waals surface area contributed by atoms with Gasteiger partial charge >= 0.3 is 0 Å². The number of benzene rings is 3. The number of rotatable bonds is 3. The van der Waals surface area contributed by atoms with E-state index in [1.807, 2.05) is 57.2 Å². The van der Waals surface area contributed by atoms with Crippen molar-refractivity contribution in [1.82, 2.24) is 10.2 Å². The van der Waals surface area contributed by atoms with Gasteiger partial charge in [-0.1, -0.05) is 23.8 Å². The van der Waals surface area contributed by atoms with Crippen molar-refractivity contribution in [3.63, 3.8) is 0 Å². The molecule has 0 unspecified atom stereocenters. The molecule has 33 heavy (non-hydrogen) atoms. The third kappa shape index (κ3) is 5.77. The molecule has 1 N–H and O–H groups in total. The number of hydrogen-bond donors (Lipinski definition) is 1. The maximum Gasteiger partial charge on any atom is 0.257 e. The highest BCUT2D eigenvalue weighted by Gasteiger charge is 2.22. The second kappa shape index (κ2) is 9.86. The molecule has 5 nitrogen and oxygen atoms in total. The third-order valence-electron chi connectivity index (χ3n) is 5.75. The molecule has 3 aromatic rings. The number of amides is 1. The van der Waals surface area contributed by atoms with Crippen LogP contribution in [0.4, 0.5) is 15.8 Å². The molecule has 0 bridgehead atoms. The highest BCUT2D eigenvalue weighted by molar-refractivity contribution is 6.06. The SMILES string of the molecule is Cc1ccc(C(=O)NC(=Nc2cc(C)cc(C)c2)N2CCN(c3ccc(F)cc3)CC2)cc1. The average Bonchev–Trinajstić information content (AvgIpc) is 2.79. The summed E-state index contributed by atoms with van der Waals surface area (Å²) >= 11 is 0. The predicted molar refractivity (Wildman–Crippen MR) is 132 cm³/mol. The number of carbonyl (C=O) groups is 1. The van der Waals surface area contributed by atoms with E-state index in [9.17, 15) is 9.18 Å². The van der Waals surface area contributed by atoms with E-state index in [0.717, 1.165) is 41.2 Å². The van der Waals surface area contributed by atoms with E-state index in [1.54, 1.807) is 12.1 Å². The van der Waals surface area contributed by atoms with Crippen LogP contribution in [0.3, 0.4) is 0 Å². The van der Waals surface area contributed by atoms with Gasteiger partial charge in [0, 0.05) is 37.4 Å². The molecule has 6 heteroatoms. The van der Waals surface area contributed by atoms with Gasteiger partial charge in [0.25, 0.3) is 5.91 Å². The molecule has 1 saturated heterocycles. The second-order valence-corrected chi connectivity index (χ2v) is 8.55. The van der Waals surface area contributed by atoms with Crippen molar-refractivity contribution in [2.75, 3.05) is 31.1 Å². The first-order valence-corrected chi connectivity index (χ1v) is 11.2. The molecule has 0 spiro atoms. The summed E-state index contributed by atoms with van der Waals surface area (Å²) in [5, 5.41) is 3.04. The van der Waals surface area contributed by atoms with E-state index in [0.29, 0.717) is 24.6 Å². The molecule has 1 aliphatic rings. The number of nitrogens with one attached hydrogen (secondary N) is 1. The van der Waals surface area contributed by atoms with Gasteiger partial charge in [0.1, 0.15) is 5.82 Å². The van der Waals surface area contributed by atoms with Crippen LogP contribution < -0.4 is 10.2 Å². The topological polar surface area (TPSA) is 47.9 Å². The van der Waals surface area contributed by atoms with Gasteiger partial charge < -0.3 is 9.80 Å². The van der Waals surface area contributed by atoms with Crippen LogP contribution in [0.15, 0.2) is 71.7 Å². The first-order valence-electron chi connectivity index (χ1n) is 11.2. The fourth-order valence-corrected chi connectivity index (χ4v) is 4.02. The molecule has 0 aromatic heterocycles. The summed E-state index contributed by atoms with van der Waals surface area (Å²) in [7, 11) is 0. The van der Waals surface area contributed by atoms with Crippen molar-refractivity contribution < 1.29 is 9.18 Å². The van der Waals surface area contributed by atoms with Crippen LogP contribution in [-0.2, 0) is 0 Å². The van der Waals surface area contributed by atoms with Gasteiger partial charge in [-0.2, -0.15) is 0 Å². The van der Waals surface area contributed by atoms with Gasteiger partial charge in [-0.3, -0.25) is 10.1 Å².